The van der Waals surface area contributed by atoms with E-state index in [-0.39, 0.29) is 6.04 Å². The van der Waals surface area contributed by atoms with Gasteiger partial charge in [0.1, 0.15) is 5.75 Å². The molecular weight excluding hydrogens is 264 g/mol. The van der Waals surface area contributed by atoms with Crippen LogP contribution in [0.1, 0.15) is 28.3 Å². The van der Waals surface area contributed by atoms with Crippen molar-refractivity contribution in [3.8, 4) is 11.6 Å². The highest BCUT2D eigenvalue weighted by Crippen LogP contribution is 2.36. The van der Waals surface area contributed by atoms with Gasteiger partial charge in [-0.05, 0) is 38.1 Å². The lowest BCUT2D eigenvalue weighted by atomic mass is 9.95. The molecule has 0 aliphatic carbocycles. The van der Waals surface area contributed by atoms with Crippen molar-refractivity contribution in [3.63, 3.8) is 0 Å². The smallest absolute Gasteiger partial charge is 0.218 e. The first kappa shape index (κ1) is 15.3. The Bertz CT molecular complexity index is 626. The predicted octanol–water partition coefficient (Wildman–Crippen LogP) is 3.02. The Morgan fingerprint density at radius 2 is 1.81 bits per heavy atom. The van der Waals surface area contributed by atoms with Crippen molar-refractivity contribution in [1.82, 2.24) is 10.3 Å². The van der Waals surface area contributed by atoms with Crippen molar-refractivity contribution in [3.05, 3.63) is 52.7 Å². The van der Waals surface area contributed by atoms with Gasteiger partial charge in [0.05, 0.1) is 20.3 Å². The van der Waals surface area contributed by atoms with Gasteiger partial charge >= 0.3 is 0 Å². The molecule has 1 aromatic carbocycles. The van der Waals surface area contributed by atoms with Crippen molar-refractivity contribution >= 4 is 0 Å². The van der Waals surface area contributed by atoms with E-state index in [2.05, 4.69) is 36.3 Å². The second-order valence-electron chi connectivity index (χ2n) is 4.95. The van der Waals surface area contributed by atoms with E-state index >= 15 is 0 Å². The fourth-order valence-electron chi connectivity index (χ4n) is 2.58. The molecule has 0 bridgehead atoms. The van der Waals surface area contributed by atoms with Crippen molar-refractivity contribution in [2.24, 2.45) is 0 Å². The SMILES string of the molecule is CNC(c1cccnc1OC)c1ccc(C)c(C)c1OC. The van der Waals surface area contributed by atoms with E-state index in [0.717, 1.165) is 22.4 Å². The number of hydrogen-bond donors (Lipinski definition) is 1. The molecule has 4 nitrogen and oxygen atoms in total. The maximum atomic E-state index is 5.63. The minimum absolute atomic E-state index is 0.0390. The van der Waals surface area contributed by atoms with Gasteiger partial charge in [0.2, 0.25) is 5.88 Å². The van der Waals surface area contributed by atoms with Gasteiger partial charge in [-0.2, -0.15) is 0 Å². The molecule has 1 atom stereocenters. The third-order valence-corrected chi connectivity index (χ3v) is 3.82. The van der Waals surface area contributed by atoms with Crippen LogP contribution in [0.3, 0.4) is 0 Å². The number of methoxy groups -OCH3 is 2. The molecule has 4 heteroatoms. The molecule has 1 aromatic heterocycles. The Morgan fingerprint density at radius 3 is 2.43 bits per heavy atom. The van der Waals surface area contributed by atoms with Crippen LogP contribution in [-0.2, 0) is 0 Å². The highest BCUT2D eigenvalue weighted by atomic mass is 16.5. The summed E-state index contributed by atoms with van der Waals surface area (Å²) in [5.74, 6) is 1.53. The molecule has 0 aliphatic rings. The molecule has 0 aliphatic heterocycles. The molecule has 1 heterocycles. The van der Waals surface area contributed by atoms with Gasteiger partial charge in [0, 0.05) is 17.3 Å². The Hall–Kier alpha value is -2.07. The van der Waals surface area contributed by atoms with E-state index in [9.17, 15) is 0 Å². The third kappa shape index (κ3) is 2.85. The Labute approximate surface area is 126 Å². The Balaban J connectivity index is 2.59. The maximum absolute atomic E-state index is 5.63. The number of nitrogens with one attached hydrogen (secondary N) is 1. The summed E-state index contributed by atoms with van der Waals surface area (Å²) < 4.78 is 11.0. The summed E-state index contributed by atoms with van der Waals surface area (Å²) in [6, 6.07) is 8.09. The minimum Gasteiger partial charge on any atom is -0.496 e. The normalized spacial score (nSPS) is 12.0. The van der Waals surface area contributed by atoms with Crippen molar-refractivity contribution in [2.45, 2.75) is 19.9 Å². The van der Waals surface area contributed by atoms with Crippen LogP contribution in [0.4, 0.5) is 0 Å². The van der Waals surface area contributed by atoms with Crippen LogP contribution in [0.5, 0.6) is 11.6 Å². The van der Waals surface area contributed by atoms with Crippen LogP contribution in [0.2, 0.25) is 0 Å². The minimum atomic E-state index is -0.0390. The first-order valence-electron chi connectivity index (χ1n) is 6.94. The molecule has 1 N–H and O–H groups in total. The number of ether oxygens (including phenoxy) is 2. The standard InChI is InChI=1S/C17H22N2O2/c1-11-8-9-13(16(20-4)12(11)2)15(18-3)14-7-6-10-19-17(14)21-5/h6-10,15,18H,1-5H3. The average Bonchev–Trinajstić information content (AvgIpc) is 2.52. The number of aryl methyl sites for hydroxylation is 1. The van der Waals surface area contributed by atoms with Crippen LogP contribution in [0.15, 0.2) is 30.5 Å². The van der Waals surface area contributed by atoms with E-state index in [4.69, 9.17) is 9.47 Å². The zero-order valence-corrected chi connectivity index (χ0v) is 13.2. The average molecular weight is 286 g/mol. The van der Waals surface area contributed by atoms with Gasteiger partial charge in [0.25, 0.3) is 0 Å². The summed E-state index contributed by atoms with van der Waals surface area (Å²) in [6.07, 6.45) is 1.73. The van der Waals surface area contributed by atoms with Gasteiger partial charge < -0.3 is 14.8 Å². The van der Waals surface area contributed by atoms with Crippen LogP contribution in [0, 0.1) is 13.8 Å². The second-order valence-corrected chi connectivity index (χ2v) is 4.95. The molecule has 0 saturated heterocycles. The number of pyridine rings is 1. The molecule has 0 spiro atoms. The summed E-state index contributed by atoms with van der Waals surface area (Å²) in [5.41, 5.74) is 4.43. The van der Waals surface area contributed by atoms with Gasteiger partial charge in [-0.3, -0.25) is 0 Å². The highest BCUT2D eigenvalue weighted by Gasteiger charge is 2.22. The van der Waals surface area contributed by atoms with Crippen molar-refractivity contribution in [2.75, 3.05) is 21.3 Å². The molecule has 2 aromatic rings. The van der Waals surface area contributed by atoms with E-state index in [0.29, 0.717) is 5.88 Å². The number of benzene rings is 1. The Morgan fingerprint density at radius 1 is 1.05 bits per heavy atom. The zero-order chi connectivity index (χ0) is 15.4. The third-order valence-electron chi connectivity index (χ3n) is 3.82. The van der Waals surface area contributed by atoms with Gasteiger partial charge in [0.15, 0.2) is 0 Å². The summed E-state index contributed by atoms with van der Waals surface area (Å²) in [6.45, 7) is 4.16. The Kier molecular flexibility index (Phi) is 4.81. The van der Waals surface area contributed by atoms with E-state index in [1.165, 1.54) is 5.56 Å². The van der Waals surface area contributed by atoms with E-state index in [1.54, 1.807) is 20.4 Å². The predicted molar refractivity (Wildman–Crippen MR) is 84.2 cm³/mol. The number of hydrogen-bond acceptors (Lipinski definition) is 4. The molecular formula is C17H22N2O2. The van der Waals surface area contributed by atoms with E-state index < -0.39 is 0 Å². The van der Waals surface area contributed by atoms with Crippen LogP contribution in [-0.4, -0.2) is 26.3 Å². The van der Waals surface area contributed by atoms with Gasteiger partial charge in [-0.25, -0.2) is 4.98 Å². The molecule has 0 radical (unpaired) electrons. The van der Waals surface area contributed by atoms with Crippen LogP contribution < -0.4 is 14.8 Å². The summed E-state index contributed by atoms with van der Waals surface area (Å²) in [4.78, 5) is 4.28. The van der Waals surface area contributed by atoms with Crippen molar-refractivity contribution in [1.29, 1.82) is 0 Å². The molecule has 2 rings (SSSR count). The summed E-state index contributed by atoms with van der Waals surface area (Å²) in [5, 5.41) is 3.33. The molecule has 21 heavy (non-hydrogen) atoms. The summed E-state index contributed by atoms with van der Waals surface area (Å²) >= 11 is 0. The number of aromatic nitrogens is 1. The molecule has 1 unspecified atom stereocenters. The summed E-state index contributed by atoms with van der Waals surface area (Å²) in [7, 11) is 5.26. The number of rotatable bonds is 5. The second kappa shape index (κ2) is 6.59. The first-order chi connectivity index (χ1) is 10.1. The molecule has 0 fully saturated rings. The fraction of sp³-hybridized carbons (Fsp3) is 0.353. The number of nitrogens with zero attached hydrogens (tertiary/aromatic N) is 1. The fourth-order valence-corrected chi connectivity index (χ4v) is 2.58. The quantitative estimate of drug-likeness (QED) is 0.917. The van der Waals surface area contributed by atoms with Crippen LogP contribution >= 0.6 is 0 Å². The first-order valence-corrected chi connectivity index (χ1v) is 6.94. The van der Waals surface area contributed by atoms with Gasteiger partial charge in [-0.1, -0.05) is 18.2 Å². The topological polar surface area (TPSA) is 43.4 Å². The molecule has 0 amide bonds. The zero-order valence-electron chi connectivity index (χ0n) is 13.2. The lowest BCUT2D eigenvalue weighted by Crippen LogP contribution is -2.20. The monoisotopic (exact) mass is 286 g/mol. The maximum Gasteiger partial charge on any atom is 0.218 e. The van der Waals surface area contributed by atoms with E-state index in [1.807, 2.05) is 19.2 Å². The van der Waals surface area contributed by atoms with Crippen LogP contribution in [0.25, 0.3) is 0 Å². The lowest BCUT2D eigenvalue weighted by Gasteiger charge is -2.23. The van der Waals surface area contributed by atoms with Gasteiger partial charge in [-0.15, -0.1) is 0 Å². The lowest BCUT2D eigenvalue weighted by molar-refractivity contribution is 0.383. The molecule has 112 valence electrons. The highest BCUT2D eigenvalue weighted by molar-refractivity contribution is 5.50. The molecule has 0 saturated carbocycles. The largest absolute Gasteiger partial charge is 0.496 e. The van der Waals surface area contributed by atoms with Crippen molar-refractivity contribution < 1.29 is 9.47 Å².